The van der Waals surface area contributed by atoms with Gasteiger partial charge in [0.2, 0.25) is 11.8 Å². The van der Waals surface area contributed by atoms with Crippen molar-refractivity contribution in [2.45, 2.75) is 42.5 Å². The molecule has 3 aliphatic rings. The molecule has 13 heteroatoms. The summed E-state index contributed by atoms with van der Waals surface area (Å²) < 4.78 is 41.0. The van der Waals surface area contributed by atoms with E-state index in [0.717, 1.165) is 43.3 Å². The Balaban J connectivity index is 1.45. The van der Waals surface area contributed by atoms with Crippen molar-refractivity contribution in [3.63, 3.8) is 0 Å². The average Bonchev–Trinajstić information content (AvgIpc) is 3.36. The number of benzene rings is 2. The zero-order chi connectivity index (χ0) is 34.1. The molecule has 252 valence electrons. The molecule has 1 aromatic heterocycles. The van der Waals surface area contributed by atoms with Crippen molar-refractivity contribution >= 4 is 27.5 Å². The average molecular weight is 673 g/mol. The van der Waals surface area contributed by atoms with Crippen LogP contribution >= 0.6 is 0 Å². The lowest BCUT2D eigenvalue weighted by Crippen LogP contribution is -2.53. The van der Waals surface area contributed by atoms with Gasteiger partial charge in [-0.1, -0.05) is 18.2 Å². The number of hydrogen-bond donors (Lipinski definition) is 0. The fourth-order valence-corrected chi connectivity index (χ4v) is 8.84. The number of likely N-dealkylation sites (N-methyl/N-ethyl adjacent to an activating group) is 1. The van der Waals surface area contributed by atoms with Crippen LogP contribution < -0.4 is 13.8 Å². The van der Waals surface area contributed by atoms with E-state index in [1.807, 2.05) is 0 Å². The van der Waals surface area contributed by atoms with Gasteiger partial charge in [-0.2, -0.15) is 5.26 Å². The first-order valence-electron chi connectivity index (χ1n) is 16.2. The molecule has 1 atom stereocenters. The molecule has 0 N–H and O–H groups in total. The number of sulfonamides is 1. The lowest BCUT2D eigenvalue weighted by atomic mass is 9.72. The minimum absolute atomic E-state index is 0.0535. The van der Waals surface area contributed by atoms with E-state index in [9.17, 15) is 18.5 Å². The van der Waals surface area contributed by atoms with Crippen LogP contribution in [0.1, 0.15) is 42.9 Å². The van der Waals surface area contributed by atoms with Crippen LogP contribution in [0.3, 0.4) is 0 Å². The Bertz CT molecular complexity index is 1850. The molecule has 4 heterocycles. The third-order valence-electron chi connectivity index (χ3n) is 9.74. The summed E-state index contributed by atoms with van der Waals surface area (Å²) in [5.74, 6) is -0.974. The highest BCUT2D eigenvalue weighted by molar-refractivity contribution is 7.93. The number of methoxy groups -OCH3 is 1. The number of amides is 2. The quantitative estimate of drug-likeness (QED) is 0.334. The molecule has 6 rings (SSSR count). The Hall–Kier alpha value is -4.51. The third-order valence-corrected chi connectivity index (χ3v) is 11.5. The number of carbonyl (C=O) groups excluding carboxylic acids is 2. The standard InChI is InChI=1S/C35H40N6O6S/c1-4-47-33-27(8-7-15-37-33)35(23-32(42)40-16-13-26(14-17-40)39-20-18-38(2)19-21-39)28-22-25(24-36)11-12-29(28)41(34(35)43)48(44,45)31-10-6-5-9-30(31)46-3/h5-12,15,22,26H,4,13-14,16-21,23H2,1-3H3. The number of rotatable bonds is 9. The maximum atomic E-state index is 15.1. The Morgan fingerprint density at radius 3 is 2.44 bits per heavy atom. The number of para-hydroxylation sites is 1. The van der Waals surface area contributed by atoms with Gasteiger partial charge in [0.25, 0.3) is 15.9 Å². The second kappa shape index (κ2) is 13.5. The van der Waals surface area contributed by atoms with E-state index in [0.29, 0.717) is 19.1 Å². The van der Waals surface area contributed by atoms with Gasteiger partial charge in [-0.15, -0.1) is 0 Å². The lowest BCUT2D eigenvalue weighted by Gasteiger charge is -2.42. The van der Waals surface area contributed by atoms with Gasteiger partial charge in [-0.05, 0) is 68.8 Å². The van der Waals surface area contributed by atoms with E-state index in [2.05, 4.69) is 27.9 Å². The summed E-state index contributed by atoms with van der Waals surface area (Å²) in [7, 11) is -1.09. The number of fused-ring (bicyclic) bond motifs is 1. The fourth-order valence-electron chi connectivity index (χ4n) is 7.19. The molecule has 3 aromatic rings. The highest BCUT2D eigenvalue weighted by Crippen LogP contribution is 2.53. The summed E-state index contributed by atoms with van der Waals surface area (Å²) in [6.45, 7) is 7.02. The number of piperazine rings is 1. The number of likely N-dealkylation sites (tertiary alicyclic amines) is 1. The van der Waals surface area contributed by atoms with Gasteiger partial charge in [-0.25, -0.2) is 17.7 Å². The van der Waals surface area contributed by atoms with Crippen LogP contribution in [0.5, 0.6) is 11.6 Å². The molecule has 0 radical (unpaired) electrons. The number of nitriles is 1. The molecule has 2 saturated heterocycles. The van der Waals surface area contributed by atoms with Crippen LogP contribution in [0.25, 0.3) is 0 Å². The normalized spacial score (nSPS) is 20.8. The van der Waals surface area contributed by atoms with Gasteiger partial charge in [0, 0.05) is 63.5 Å². The number of carbonyl (C=O) groups is 2. The zero-order valence-corrected chi connectivity index (χ0v) is 28.3. The lowest BCUT2D eigenvalue weighted by molar-refractivity contribution is -0.136. The van der Waals surface area contributed by atoms with Gasteiger partial charge >= 0.3 is 0 Å². The van der Waals surface area contributed by atoms with E-state index in [4.69, 9.17) is 9.47 Å². The van der Waals surface area contributed by atoms with Gasteiger partial charge in [-0.3, -0.25) is 14.5 Å². The number of pyridine rings is 1. The molecule has 0 saturated carbocycles. The molecular formula is C35H40N6O6S. The fraction of sp³-hybridized carbons (Fsp3) is 0.429. The molecule has 0 spiro atoms. The highest BCUT2D eigenvalue weighted by Gasteiger charge is 2.59. The Morgan fingerprint density at radius 2 is 1.75 bits per heavy atom. The van der Waals surface area contributed by atoms with Crippen LogP contribution in [0.2, 0.25) is 0 Å². The first kappa shape index (κ1) is 33.4. The molecule has 0 bridgehead atoms. The molecule has 2 aromatic carbocycles. The zero-order valence-electron chi connectivity index (χ0n) is 27.5. The summed E-state index contributed by atoms with van der Waals surface area (Å²) >= 11 is 0. The van der Waals surface area contributed by atoms with E-state index in [-0.39, 0.29) is 57.8 Å². The first-order valence-corrected chi connectivity index (χ1v) is 17.7. The summed E-state index contributed by atoms with van der Waals surface area (Å²) in [6.07, 6.45) is 2.74. The van der Waals surface area contributed by atoms with E-state index in [1.54, 1.807) is 36.1 Å². The molecule has 3 aliphatic heterocycles. The molecule has 48 heavy (non-hydrogen) atoms. The first-order chi connectivity index (χ1) is 23.1. The Morgan fingerprint density at radius 1 is 1.02 bits per heavy atom. The molecule has 2 amide bonds. The largest absolute Gasteiger partial charge is 0.495 e. The molecule has 0 aliphatic carbocycles. The van der Waals surface area contributed by atoms with Gasteiger partial charge in [0.1, 0.15) is 16.1 Å². The smallest absolute Gasteiger partial charge is 0.274 e. The SMILES string of the molecule is CCOc1ncccc1C1(CC(=O)N2CCC(N3CCN(C)CC3)CC2)C(=O)N(S(=O)(=O)c2ccccc2OC)c2ccc(C#N)cc21. The van der Waals surface area contributed by atoms with Gasteiger partial charge in [0.15, 0.2) is 0 Å². The number of ether oxygens (including phenoxy) is 2. The van der Waals surface area contributed by atoms with Crippen molar-refractivity contribution in [1.29, 1.82) is 5.26 Å². The Kier molecular flexibility index (Phi) is 9.42. The number of hydrogen-bond acceptors (Lipinski definition) is 10. The van der Waals surface area contributed by atoms with E-state index < -0.39 is 21.3 Å². The predicted molar refractivity (Wildman–Crippen MR) is 178 cm³/mol. The molecular weight excluding hydrogens is 632 g/mol. The molecule has 2 fully saturated rings. The minimum Gasteiger partial charge on any atom is -0.495 e. The number of aromatic nitrogens is 1. The molecule has 12 nitrogen and oxygen atoms in total. The second-order valence-corrected chi connectivity index (χ2v) is 14.1. The summed E-state index contributed by atoms with van der Waals surface area (Å²) in [5, 5.41) is 9.92. The Labute approximate surface area is 281 Å². The summed E-state index contributed by atoms with van der Waals surface area (Å²) in [4.78, 5) is 40.3. The summed E-state index contributed by atoms with van der Waals surface area (Å²) in [5.41, 5.74) is -1.12. The van der Waals surface area contributed by atoms with Crippen molar-refractivity contribution in [1.82, 2.24) is 19.7 Å². The number of anilines is 1. The maximum absolute atomic E-state index is 15.1. The topological polar surface area (TPSA) is 136 Å². The third kappa shape index (κ3) is 5.78. The van der Waals surface area contributed by atoms with Crippen LogP contribution in [0.15, 0.2) is 65.7 Å². The highest BCUT2D eigenvalue weighted by atomic mass is 32.2. The number of nitrogens with zero attached hydrogens (tertiary/aromatic N) is 6. The van der Waals surface area contributed by atoms with Crippen LogP contribution in [-0.4, -0.2) is 106 Å². The van der Waals surface area contributed by atoms with Crippen LogP contribution in [0, 0.1) is 11.3 Å². The van der Waals surface area contributed by atoms with Crippen LogP contribution in [-0.2, 0) is 25.0 Å². The van der Waals surface area contributed by atoms with Crippen molar-refractivity contribution in [2.24, 2.45) is 0 Å². The van der Waals surface area contributed by atoms with E-state index in [1.165, 1.54) is 43.6 Å². The van der Waals surface area contributed by atoms with Crippen molar-refractivity contribution in [3.05, 3.63) is 77.5 Å². The van der Waals surface area contributed by atoms with Crippen molar-refractivity contribution in [2.75, 3.05) is 64.3 Å². The van der Waals surface area contributed by atoms with Gasteiger partial charge < -0.3 is 19.3 Å². The maximum Gasteiger partial charge on any atom is 0.274 e. The molecule has 1 unspecified atom stereocenters. The minimum atomic E-state index is -4.57. The van der Waals surface area contributed by atoms with Crippen molar-refractivity contribution < 1.29 is 27.5 Å². The second-order valence-electron chi connectivity index (χ2n) is 12.4. The van der Waals surface area contributed by atoms with Crippen molar-refractivity contribution in [3.8, 4) is 17.7 Å². The summed E-state index contributed by atoms with van der Waals surface area (Å²) in [6, 6.07) is 16.2. The monoisotopic (exact) mass is 672 g/mol. The van der Waals surface area contributed by atoms with E-state index >= 15 is 4.79 Å². The van der Waals surface area contributed by atoms with Crippen LogP contribution in [0.4, 0.5) is 5.69 Å². The predicted octanol–water partition coefficient (Wildman–Crippen LogP) is 3.01. The number of piperidine rings is 1. The van der Waals surface area contributed by atoms with Gasteiger partial charge in [0.05, 0.1) is 31.0 Å².